The van der Waals surface area contributed by atoms with Gasteiger partial charge >= 0.3 is 0 Å². The third kappa shape index (κ3) is 2.87. The predicted molar refractivity (Wildman–Crippen MR) is 74.2 cm³/mol. The summed E-state index contributed by atoms with van der Waals surface area (Å²) >= 11 is 6.13. The van der Waals surface area contributed by atoms with Crippen molar-refractivity contribution in [3.63, 3.8) is 0 Å². The fourth-order valence-corrected chi connectivity index (χ4v) is 2.76. The van der Waals surface area contributed by atoms with E-state index in [1.54, 1.807) is 12.5 Å². The first-order valence-corrected chi connectivity index (χ1v) is 6.88. The van der Waals surface area contributed by atoms with E-state index in [4.69, 9.17) is 11.6 Å². The third-order valence-electron chi connectivity index (χ3n) is 3.57. The second kappa shape index (κ2) is 5.57. The van der Waals surface area contributed by atoms with E-state index in [9.17, 15) is 0 Å². The van der Waals surface area contributed by atoms with Gasteiger partial charge in [0, 0.05) is 32.0 Å². The van der Waals surface area contributed by atoms with Gasteiger partial charge in [0.1, 0.15) is 11.3 Å². The Balaban J connectivity index is 1.59. The topological polar surface area (TPSA) is 46.8 Å². The van der Waals surface area contributed by atoms with Gasteiger partial charge < -0.3 is 4.90 Å². The first kappa shape index (κ1) is 12.4. The molecular weight excluding hydrogens is 262 g/mol. The van der Waals surface area contributed by atoms with Crippen LogP contribution in [-0.4, -0.2) is 32.8 Å². The summed E-state index contributed by atoms with van der Waals surface area (Å²) in [6.07, 6.45) is 9.33. The smallest absolute Gasteiger partial charge is 0.150 e. The zero-order valence-corrected chi connectivity index (χ0v) is 11.4. The summed E-state index contributed by atoms with van der Waals surface area (Å²) in [7, 11) is 0. The molecule has 19 heavy (non-hydrogen) atoms. The zero-order valence-electron chi connectivity index (χ0n) is 10.6. The van der Waals surface area contributed by atoms with E-state index in [1.807, 2.05) is 23.1 Å². The fraction of sp³-hybridized carbons (Fsp3) is 0.462. The Hall–Kier alpha value is -1.62. The van der Waals surface area contributed by atoms with Crippen LogP contribution in [-0.2, 0) is 6.54 Å². The number of anilines is 1. The maximum atomic E-state index is 6.13. The summed E-state index contributed by atoms with van der Waals surface area (Å²) in [6, 6.07) is 1.97. The monoisotopic (exact) mass is 277 g/mol. The minimum absolute atomic E-state index is 0.632. The van der Waals surface area contributed by atoms with Crippen molar-refractivity contribution in [1.82, 2.24) is 19.7 Å². The van der Waals surface area contributed by atoms with Gasteiger partial charge in [0.15, 0.2) is 5.82 Å². The lowest BCUT2D eigenvalue weighted by atomic mass is 9.97. The molecule has 3 rings (SSSR count). The first-order valence-electron chi connectivity index (χ1n) is 6.51. The van der Waals surface area contributed by atoms with Gasteiger partial charge in [-0.1, -0.05) is 11.6 Å². The Morgan fingerprint density at radius 2 is 2.16 bits per heavy atom. The average molecular weight is 278 g/mol. The van der Waals surface area contributed by atoms with Crippen LogP contribution in [0, 0.1) is 5.92 Å². The minimum Gasteiger partial charge on any atom is -0.355 e. The summed E-state index contributed by atoms with van der Waals surface area (Å²) in [5.74, 6) is 1.53. The molecule has 0 aliphatic carbocycles. The maximum absolute atomic E-state index is 6.13. The molecule has 1 fully saturated rings. The molecule has 0 radical (unpaired) electrons. The summed E-state index contributed by atoms with van der Waals surface area (Å²) in [6.45, 7) is 2.98. The number of piperidine rings is 1. The lowest BCUT2D eigenvalue weighted by molar-refractivity contribution is 0.341. The van der Waals surface area contributed by atoms with Crippen LogP contribution in [0.15, 0.2) is 31.0 Å². The van der Waals surface area contributed by atoms with Crippen LogP contribution in [0.5, 0.6) is 0 Å². The third-order valence-corrected chi connectivity index (χ3v) is 3.83. The summed E-state index contributed by atoms with van der Waals surface area (Å²) in [4.78, 5) is 10.4. The molecule has 0 saturated carbocycles. The van der Waals surface area contributed by atoms with Crippen LogP contribution in [0.1, 0.15) is 12.8 Å². The van der Waals surface area contributed by atoms with Crippen LogP contribution in [0.3, 0.4) is 0 Å². The minimum atomic E-state index is 0.632. The van der Waals surface area contributed by atoms with Crippen molar-refractivity contribution < 1.29 is 0 Å². The van der Waals surface area contributed by atoms with E-state index in [2.05, 4.69) is 20.0 Å². The molecule has 0 bridgehead atoms. The highest BCUT2D eigenvalue weighted by Gasteiger charge is 2.21. The molecule has 6 heteroatoms. The molecular formula is C13H16ClN5. The fourth-order valence-electron chi connectivity index (χ4n) is 2.54. The van der Waals surface area contributed by atoms with Crippen molar-refractivity contribution in [1.29, 1.82) is 0 Å². The van der Waals surface area contributed by atoms with E-state index >= 15 is 0 Å². The van der Waals surface area contributed by atoms with Crippen molar-refractivity contribution in [2.45, 2.75) is 19.4 Å². The van der Waals surface area contributed by atoms with Crippen molar-refractivity contribution >= 4 is 17.4 Å². The van der Waals surface area contributed by atoms with Gasteiger partial charge in [-0.05, 0) is 24.8 Å². The number of hydrogen-bond donors (Lipinski definition) is 0. The Morgan fingerprint density at radius 1 is 1.32 bits per heavy atom. The summed E-state index contributed by atoms with van der Waals surface area (Å²) in [5, 5.41) is 4.90. The van der Waals surface area contributed by atoms with Crippen molar-refractivity contribution in [2.75, 3.05) is 18.0 Å². The molecule has 0 amide bonds. The number of rotatable bonds is 3. The molecule has 0 N–H and O–H groups in total. The Kier molecular flexibility index (Phi) is 3.64. The van der Waals surface area contributed by atoms with E-state index in [0.717, 1.165) is 38.3 Å². The zero-order chi connectivity index (χ0) is 13.1. The van der Waals surface area contributed by atoms with Gasteiger partial charge in [-0.3, -0.25) is 4.68 Å². The average Bonchev–Trinajstić information content (AvgIpc) is 2.93. The SMILES string of the molecule is Clc1cncnc1N1CCC(Cn2cccn2)CC1. The molecule has 2 aromatic rings. The van der Waals surface area contributed by atoms with Gasteiger partial charge in [0.2, 0.25) is 0 Å². The molecule has 2 aromatic heterocycles. The molecule has 0 atom stereocenters. The molecule has 0 unspecified atom stereocenters. The summed E-state index contributed by atoms with van der Waals surface area (Å²) in [5.41, 5.74) is 0. The maximum Gasteiger partial charge on any atom is 0.150 e. The lowest BCUT2D eigenvalue weighted by Gasteiger charge is -2.33. The normalized spacial score (nSPS) is 16.8. The quantitative estimate of drug-likeness (QED) is 0.863. The first-order chi connectivity index (χ1) is 9.33. The van der Waals surface area contributed by atoms with Gasteiger partial charge in [0.05, 0.1) is 6.20 Å². The molecule has 1 aliphatic rings. The van der Waals surface area contributed by atoms with Crippen LogP contribution in [0.4, 0.5) is 5.82 Å². The highest BCUT2D eigenvalue weighted by molar-refractivity contribution is 6.32. The van der Waals surface area contributed by atoms with E-state index in [1.165, 1.54) is 0 Å². The number of halogens is 1. The standard InChI is InChI=1S/C13H16ClN5/c14-12-8-15-10-16-13(12)18-6-2-11(3-7-18)9-19-5-1-4-17-19/h1,4-5,8,10-11H,2-3,6-7,9H2. The van der Waals surface area contributed by atoms with Gasteiger partial charge in [-0.2, -0.15) is 5.10 Å². The van der Waals surface area contributed by atoms with Crippen molar-refractivity contribution in [2.24, 2.45) is 5.92 Å². The molecule has 0 spiro atoms. The van der Waals surface area contributed by atoms with Crippen molar-refractivity contribution in [3.8, 4) is 0 Å². The highest BCUT2D eigenvalue weighted by atomic mass is 35.5. The molecule has 1 aliphatic heterocycles. The van der Waals surface area contributed by atoms with E-state index in [0.29, 0.717) is 10.9 Å². The molecule has 3 heterocycles. The van der Waals surface area contributed by atoms with Crippen molar-refractivity contribution in [3.05, 3.63) is 36.0 Å². The molecule has 100 valence electrons. The number of hydrogen-bond acceptors (Lipinski definition) is 4. The van der Waals surface area contributed by atoms with Crippen LogP contribution >= 0.6 is 11.6 Å². The van der Waals surface area contributed by atoms with Crippen LogP contribution < -0.4 is 4.90 Å². The second-order valence-electron chi connectivity index (χ2n) is 4.85. The Bertz CT molecular complexity index is 520. The molecule has 1 saturated heterocycles. The van der Waals surface area contributed by atoms with Gasteiger partial charge in [0.25, 0.3) is 0 Å². The summed E-state index contributed by atoms with van der Waals surface area (Å²) < 4.78 is 2.01. The number of aromatic nitrogens is 4. The lowest BCUT2D eigenvalue weighted by Crippen LogP contribution is -2.35. The Labute approximate surface area is 117 Å². The molecule has 5 nitrogen and oxygen atoms in total. The van der Waals surface area contributed by atoms with E-state index < -0.39 is 0 Å². The van der Waals surface area contributed by atoms with Gasteiger partial charge in [-0.25, -0.2) is 9.97 Å². The van der Waals surface area contributed by atoms with E-state index in [-0.39, 0.29) is 0 Å². The van der Waals surface area contributed by atoms with Crippen LogP contribution in [0.25, 0.3) is 0 Å². The highest BCUT2D eigenvalue weighted by Crippen LogP contribution is 2.27. The number of nitrogens with zero attached hydrogens (tertiary/aromatic N) is 5. The Morgan fingerprint density at radius 3 is 2.84 bits per heavy atom. The molecule has 0 aromatic carbocycles. The van der Waals surface area contributed by atoms with Gasteiger partial charge in [-0.15, -0.1) is 0 Å². The van der Waals surface area contributed by atoms with Crippen LogP contribution in [0.2, 0.25) is 5.02 Å². The second-order valence-corrected chi connectivity index (χ2v) is 5.26. The predicted octanol–water partition coefficient (Wildman–Crippen LogP) is 2.24. The largest absolute Gasteiger partial charge is 0.355 e.